The van der Waals surface area contributed by atoms with Crippen LogP contribution in [-0.4, -0.2) is 12.7 Å². The molecule has 1 saturated heterocycles. The Kier molecular flexibility index (Phi) is 9.74. The van der Waals surface area contributed by atoms with Crippen LogP contribution in [0.15, 0.2) is 36.2 Å². The van der Waals surface area contributed by atoms with Gasteiger partial charge in [-0.1, -0.05) is 25.2 Å². The van der Waals surface area contributed by atoms with E-state index in [1.54, 1.807) is 6.08 Å². The van der Waals surface area contributed by atoms with Crippen LogP contribution < -0.4 is 0 Å². The van der Waals surface area contributed by atoms with Crippen LogP contribution in [-0.2, 0) is 4.74 Å². The fourth-order valence-corrected chi connectivity index (χ4v) is 1.44. The Morgan fingerprint density at radius 2 is 2.06 bits per heavy atom. The van der Waals surface area contributed by atoms with Crippen molar-refractivity contribution in [3.8, 4) is 0 Å². The highest BCUT2D eigenvalue weighted by Gasteiger charge is 2.09. The highest BCUT2D eigenvalue weighted by molar-refractivity contribution is 5.17. The first-order chi connectivity index (χ1) is 8.10. The number of hydrogen-bond donors (Lipinski definition) is 0. The summed E-state index contributed by atoms with van der Waals surface area (Å²) in [7, 11) is 0. The van der Waals surface area contributed by atoms with Crippen molar-refractivity contribution in [1.29, 1.82) is 0 Å². The third-order valence-corrected chi connectivity index (χ3v) is 2.50. The zero-order valence-electron chi connectivity index (χ0n) is 11.3. The maximum Gasteiger partial charge on any atom is 0.122 e. The van der Waals surface area contributed by atoms with Crippen LogP contribution in [0.5, 0.6) is 0 Å². The standard InChI is InChI=1S/C8H11F.C7H14O/c1-4-8(9)6-5-7(2)3;1-2-7-5-3-4-6-8-7/h4-6H,1H2,2-3H3;7H,2-6H2,1H3/b8-6+;. The van der Waals surface area contributed by atoms with E-state index in [1.165, 1.54) is 37.8 Å². The molecule has 0 N–H and O–H groups in total. The van der Waals surface area contributed by atoms with Gasteiger partial charge >= 0.3 is 0 Å². The summed E-state index contributed by atoms with van der Waals surface area (Å²) in [6, 6.07) is 0. The molecule has 0 aromatic carbocycles. The second-order valence-corrected chi connectivity index (χ2v) is 4.40. The molecule has 0 amide bonds. The van der Waals surface area contributed by atoms with Crippen LogP contribution in [0.3, 0.4) is 0 Å². The monoisotopic (exact) mass is 240 g/mol. The van der Waals surface area contributed by atoms with Crippen molar-refractivity contribution in [1.82, 2.24) is 0 Å². The molecule has 0 saturated carbocycles. The Hall–Kier alpha value is -0.890. The van der Waals surface area contributed by atoms with Gasteiger partial charge < -0.3 is 4.74 Å². The lowest BCUT2D eigenvalue weighted by Gasteiger charge is -2.20. The van der Waals surface area contributed by atoms with Crippen LogP contribution >= 0.6 is 0 Å². The number of rotatable bonds is 3. The lowest BCUT2D eigenvalue weighted by molar-refractivity contribution is 0.0143. The first-order valence-electron chi connectivity index (χ1n) is 6.34. The molecule has 1 heterocycles. The van der Waals surface area contributed by atoms with Crippen molar-refractivity contribution >= 4 is 0 Å². The molecule has 0 radical (unpaired) electrons. The van der Waals surface area contributed by atoms with Gasteiger partial charge in [0, 0.05) is 6.61 Å². The summed E-state index contributed by atoms with van der Waals surface area (Å²) in [6.45, 7) is 10.3. The fourth-order valence-electron chi connectivity index (χ4n) is 1.44. The average molecular weight is 240 g/mol. The van der Waals surface area contributed by atoms with Crippen molar-refractivity contribution in [2.24, 2.45) is 0 Å². The zero-order valence-corrected chi connectivity index (χ0v) is 11.3. The summed E-state index contributed by atoms with van der Waals surface area (Å²) in [6.07, 6.45) is 9.99. The Morgan fingerprint density at radius 3 is 2.41 bits per heavy atom. The summed E-state index contributed by atoms with van der Waals surface area (Å²) in [5.74, 6) is -0.295. The molecule has 0 aromatic rings. The molecule has 98 valence electrons. The third kappa shape index (κ3) is 10.0. The van der Waals surface area contributed by atoms with E-state index >= 15 is 0 Å². The second-order valence-electron chi connectivity index (χ2n) is 4.40. The number of halogens is 1. The van der Waals surface area contributed by atoms with E-state index in [9.17, 15) is 4.39 Å². The van der Waals surface area contributed by atoms with Crippen LogP contribution in [0.4, 0.5) is 4.39 Å². The number of allylic oxidation sites excluding steroid dienone is 5. The molecule has 1 unspecified atom stereocenters. The Balaban J connectivity index is 0.000000302. The molecule has 2 heteroatoms. The first kappa shape index (κ1) is 16.1. The van der Waals surface area contributed by atoms with E-state index in [0.717, 1.165) is 12.2 Å². The van der Waals surface area contributed by atoms with Gasteiger partial charge in [-0.3, -0.25) is 0 Å². The predicted octanol–water partition coefficient (Wildman–Crippen LogP) is 4.96. The third-order valence-electron chi connectivity index (χ3n) is 2.50. The Labute approximate surface area is 105 Å². The summed E-state index contributed by atoms with van der Waals surface area (Å²) in [5, 5.41) is 0. The molecule has 1 aliphatic rings. The SMILES string of the molecule is C=C/C(F)=C\C=C(C)C.CCC1CCCCO1. The molecule has 17 heavy (non-hydrogen) atoms. The Morgan fingerprint density at radius 1 is 1.35 bits per heavy atom. The van der Waals surface area contributed by atoms with Gasteiger partial charge in [0.2, 0.25) is 0 Å². The highest BCUT2D eigenvalue weighted by Crippen LogP contribution is 2.14. The van der Waals surface area contributed by atoms with Crippen LogP contribution in [0.1, 0.15) is 46.5 Å². The van der Waals surface area contributed by atoms with Gasteiger partial charge in [-0.2, -0.15) is 0 Å². The van der Waals surface area contributed by atoms with Crippen LogP contribution in [0, 0.1) is 0 Å². The zero-order chi connectivity index (χ0) is 13.1. The van der Waals surface area contributed by atoms with E-state index in [-0.39, 0.29) is 5.83 Å². The fraction of sp³-hybridized carbons (Fsp3) is 0.600. The van der Waals surface area contributed by atoms with Crippen molar-refractivity contribution in [2.75, 3.05) is 6.61 Å². The number of hydrogen-bond acceptors (Lipinski definition) is 1. The lowest BCUT2D eigenvalue weighted by Crippen LogP contribution is -2.17. The van der Waals surface area contributed by atoms with E-state index in [2.05, 4.69) is 13.5 Å². The minimum absolute atomic E-state index is 0.295. The molecule has 1 rings (SSSR count). The largest absolute Gasteiger partial charge is 0.378 e. The van der Waals surface area contributed by atoms with Crippen molar-refractivity contribution in [3.05, 3.63) is 36.2 Å². The van der Waals surface area contributed by atoms with Gasteiger partial charge in [-0.15, -0.1) is 0 Å². The first-order valence-corrected chi connectivity index (χ1v) is 6.34. The molecule has 1 fully saturated rings. The molecule has 0 spiro atoms. The van der Waals surface area contributed by atoms with Crippen LogP contribution in [0.25, 0.3) is 0 Å². The molecule has 1 atom stereocenters. The minimum Gasteiger partial charge on any atom is -0.378 e. The summed E-state index contributed by atoms with van der Waals surface area (Å²) < 4.78 is 17.6. The van der Waals surface area contributed by atoms with E-state index in [4.69, 9.17) is 4.74 Å². The molecular weight excluding hydrogens is 215 g/mol. The molecule has 1 aliphatic heterocycles. The lowest BCUT2D eigenvalue weighted by atomic mass is 10.1. The smallest absolute Gasteiger partial charge is 0.122 e. The van der Waals surface area contributed by atoms with E-state index in [0.29, 0.717) is 6.10 Å². The van der Waals surface area contributed by atoms with Gasteiger partial charge in [0.05, 0.1) is 6.10 Å². The van der Waals surface area contributed by atoms with Crippen molar-refractivity contribution in [3.63, 3.8) is 0 Å². The quantitative estimate of drug-likeness (QED) is 0.634. The van der Waals surface area contributed by atoms with E-state index in [1.807, 2.05) is 13.8 Å². The summed E-state index contributed by atoms with van der Waals surface area (Å²) in [4.78, 5) is 0. The highest BCUT2D eigenvalue weighted by atomic mass is 19.1. The second kappa shape index (κ2) is 10.3. The van der Waals surface area contributed by atoms with Crippen LogP contribution in [0.2, 0.25) is 0 Å². The van der Waals surface area contributed by atoms with Crippen molar-refractivity contribution in [2.45, 2.75) is 52.6 Å². The molecule has 0 aliphatic carbocycles. The van der Waals surface area contributed by atoms with Gasteiger partial charge in [-0.25, -0.2) is 4.39 Å². The normalized spacial score (nSPS) is 20.0. The summed E-state index contributed by atoms with van der Waals surface area (Å²) in [5.41, 5.74) is 1.08. The summed E-state index contributed by atoms with van der Waals surface area (Å²) >= 11 is 0. The topological polar surface area (TPSA) is 9.23 Å². The maximum absolute atomic E-state index is 12.2. The molecule has 1 nitrogen and oxygen atoms in total. The van der Waals surface area contributed by atoms with E-state index < -0.39 is 0 Å². The molecule has 0 aromatic heterocycles. The van der Waals surface area contributed by atoms with Crippen molar-refractivity contribution < 1.29 is 9.13 Å². The maximum atomic E-state index is 12.2. The van der Waals surface area contributed by atoms with Gasteiger partial charge in [-0.05, 0) is 51.7 Å². The van der Waals surface area contributed by atoms with Gasteiger partial charge in [0.1, 0.15) is 5.83 Å². The number of ether oxygens (including phenoxy) is 1. The average Bonchev–Trinajstić information content (AvgIpc) is 2.37. The molecule has 0 bridgehead atoms. The molecular formula is C15H25FO. The van der Waals surface area contributed by atoms with Gasteiger partial charge in [0.25, 0.3) is 0 Å². The predicted molar refractivity (Wildman–Crippen MR) is 72.7 cm³/mol. The van der Waals surface area contributed by atoms with Gasteiger partial charge in [0.15, 0.2) is 0 Å². The minimum atomic E-state index is -0.295. The Bertz CT molecular complexity index is 256.